The second kappa shape index (κ2) is 4.53. The molecule has 1 heterocycles. The van der Waals surface area contributed by atoms with Gasteiger partial charge < -0.3 is 10.5 Å². The third-order valence-electron chi connectivity index (χ3n) is 4.64. The number of nitrogens with two attached hydrogens (primary N) is 1. The summed E-state index contributed by atoms with van der Waals surface area (Å²) < 4.78 is 7.49. The molecule has 1 aliphatic carbocycles. The lowest BCUT2D eigenvalue weighted by Gasteiger charge is -2.42. The summed E-state index contributed by atoms with van der Waals surface area (Å²) in [6.07, 6.45) is 5.88. The topological polar surface area (TPSA) is 35.2 Å². The molecule has 0 radical (unpaired) electrons. The molecular weight excluding hydrogens is 290 g/mol. The van der Waals surface area contributed by atoms with E-state index in [1.807, 2.05) is 6.07 Å². The number of fused-ring (bicyclic) bond motifs is 1. The number of hydrogen-bond acceptors (Lipinski definition) is 2. The van der Waals surface area contributed by atoms with Crippen molar-refractivity contribution in [1.82, 2.24) is 0 Å². The molecule has 1 aromatic rings. The molecule has 2 unspecified atom stereocenters. The van der Waals surface area contributed by atoms with Gasteiger partial charge in [-0.3, -0.25) is 0 Å². The summed E-state index contributed by atoms with van der Waals surface area (Å²) in [4.78, 5) is 0. The first-order valence-electron chi connectivity index (χ1n) is 6.88. The monoisotopic (exact) mass is 309 g/mol. The first-order chi connectivity index (χ1) is 8.64. The minimum atomic E-state index is 0.00194. The summed E-state index contributed by atoms with van der Waals surface area (Å²) in [6.45, 7) is 2.27. The molecule has 3 rings (SSSR count). The van der Waals surface area contributed by atoms with Crippen molar-refractivity contribution in [3.05, 3.63) is 28.2 Å². The van der Waals surface area contributed by atoms with Gasteiger partial charge in [-0.25, -0.2) is 0 Å². The highest BCUT2D eigenvalue weighted by molar-refractivity contribution is 9.10. The van der Waals surface area contributed by atoms with Crippen molar-refractivity contribution in [3.63, 3.8) is 0 Å². The van der Waals surface area contributed by atoms with Crippen LogP contribution in [0.4, 0.5) is 0 Å². The maximum Gasteiger partial charge on any atom is 0.126 e. The SMILES string of the molecule is CCC1CCCC12C[C@H](N)c1ccc(Br)cc1O2. The fourth-order valence-electron chi connectivity index (χ4n) is 3.74. The van der Waals surface area contributed by atoms with Crippen molar-refractivity contribution in [2.45, 2.75) is 50.7 Å². The van der Waals surface area contributed by atoms with E-state index in [-0.39, 0.29) is 11.6 Å². The third-order valence-corrected chi connectivity index (χ3v) is 5.14. The van der Waals surface area contributed by atoms with Crippen LogP contribution in [0.15, 0.2) is 22.7 Å². The van der Waals surface area contributed by atoms with Crippen LogP contribution in [0, 0.1) is 5.92 Å². The van der Waals surface area contributed by atoms with E-state index in [2.05, 4.69) is 35.0 Å². The minimum absolute atomic E-state index is 0.00194. The zero-order valence-corrected chi connectivity index (χ0v) is 12.4. The van der Waals surface area contributed by atoms with Gasteiger partial charge in [0.2, 0.25) is 0 Å². The Labute approximate surface area is 117 Å². The molecule has 1 saturated carbocycles. The fourth-order valence-corrected chi connectivity index (χ4v) is 4.08. The minimum Gasteiger partial charge on any atom is -0.487 e. The van der Waals surface area contributed by atoms with E-state index in [1.54, 1.807) is 0 Å². The van der Waals surface area contributed by atoms with Gasteiger partial charge in [-0.15, -0.1) is 0 Å². The lowest BCUT2D eigenvalue weighted by Crippen LogP contribution is -2.45. The van der Waals surface area contributed by atoms with Crippen molar-refractivity contribution < 1.29 is 4.74 Å². The molecule has 0 amide bonds. The summed E-state index contributed by atoms with van der Waals surface area (Å²) in [5.41, 5.74) is 7.53. The van der Waals surface area contributed by atoms with Crippen LogP contribution in [0.25, 0.3) is 0 Å². The van der Waals surface area contributed by atoms with Gasteiger partial charge in [0.15, 0.2) is 0 Å². The van der Waals surface area contributed by atoms with E-state index in [1.165, 1.54) is 19.3 Å². The smallest absolute Gasteiger partial charge is 0.126 e. The van der Waals surface area contributed by atoms with Gasteiger partial charge in [-0.1, -0.05) is 28.9 Å². The zero-order valence-electron chi connectivity index (χ0n) is 10.8. The highest BCUT2D eigenvalue weighted by Gasteiger charge is 2.48. The maximum absolute atomic E-state index is 6.43. The van der Waals surface area contributed by atoms with Gasteiger partial charge >= 0.3 is 0 Å². The Balaban J connectivity index is 1.99. The molecule has 18 heavy (non-hydrogen) atoms. The highest BCUT2D eigenvalue weighted by atomic mass is 79.9. The van der Waals surface area contributed by atoms with Crippen molar-refractivity contribution in [1.29, 1.82) is 0 Å². The molecular formula is C15H20BrNO. The number of hydrogen-bond donors (Lipinski definition) is 1. The molecule has 0 saturated heterocycles. The molecule has 98 valence electrons. The number of halogens is 1. The highest BCUT2D eigenvalue weighted by Crippen LogP contribution is 2.50. The van der Waals surface area contributed by atoms with Crippen LogP contribution in [0.1, 0.15) is 50.6 Å². The Morgan fingerprint density at radius 2 is 2.33 bits per heavy atom. The summed E-state index contributed by atoms with van der Waals surface area (Å²) in [5.74, 6) is 1.65. The molecule has 2 nitrogen and oxygen atoms in total. The largest absolute Gasteiger partial charge is 0.487 e. The average molecular weight is 310 g/mol. The number of rotatable bonds is 1. The number of benzene rings is 1. The molecule has 3 heteroatoms. The van der Waals surface area contributed by atoms with Crippen LogP contribution in [0.2, 0.25) is 0 Å². The second-order valence-corrected chi connectivity index (χ2v) is 6.57. The van der Waals surface area contributed by atoms with E-state index >= 15 is 0 Å². The van der Waals surface area contributed by atoms with Gasteiger partial charge in [-0.2, -0.15) is 0 Å². The lowest BCUT2D eigenvalue weighted by atomic mass is 9.79. The van der Waals surface area contributed by atoms with E-state index in [0.29, 0.717) is 5.92 Å². The summed E-state index contributed by atoms with van der Waals surface area (Å²) in [7, 11) is 0. The van der Waals surface area contributed by atoms with Crippen LogP contribution in [0.3, 0.4) is 0 Å². The van der Waals surface area contributed by atoms with Crippen LogP contribution in [-0.2, 0) is 0 Å². The van der Waals surface area contributed by atoms with Crippen LogP contribution in [0.5, 0.6) is 5.75 Å². The van der Waals surface area contributed by atoms with E-state index in [9.17, 15) is 0 Å². The second-order valence-electron chi connectivity index (χ2n) is 5.66. The van der Waals surface area contributed by atoms with Gasteiger partial charge in [-0.05, 0) is 43.7 Å². The van der Waals surface area contributed by atoms with Crippen LogP contribution >= 0.6 is 15.9 Å². The van der Waals surface area contributed by atoms with Gasteiger partial charge in [0.05, 0.1) is 0 Å². The van der Waals surface area contributed by atoms with Gasteiger partial charge in [0.1, 0.15) is 11.4 Å². The molecule has 3 atom stereocenters. The Hall–Kier alpha value is -0.540. The van der Waals surface area contributed by atoms with E-state index in [0.717, 1.165) is 28.6 Å². The molecule has 2 aliphatic rings. The standard InChI is InChI=1S/C15H20BrNO/c1-2-10-4-3-7-15(10)9-13(17)12-6-5-11(16)8-14(12)18-15/h5-6,8,10,13H,2-4,7,9,17H2,1H3/t10?,13-,15?/m0/s1. The molecule has 2 N–H and O–H groups in total. The van der Waals surface area contributed by atoms with Crippen molar-refractivity contribution >= 4 is 15.9 Å². The summed E-state index contributed by atoms with van der Waals surface area (Å²) in [6, 6.07) is 6.33. The van der Waals surface area contributed by atoms with Crippen LogP contribution in [-0.4, -0.2) is 5.60 Å². The quantitative estimate of drug-likeness (QED) is 0.844. The average Bonchev–Trinajstić information content (AvgIpc) is 2.70. The van der Waals surface area contributed by atoms with E-state index in [4.69, 9.17) is 10.5 Å². The van der Waals surface area contributed by atoms with Gasteiger partial charge in [0.25, 0.3) is 0 Å². The van der Waals surface area contributed by atoms with Crippen molar-refractivity contribution in [2.75, 3.05) is 0 Å². The molecule has 0 bridgehead atoms. The Kier molecular flexibility index (Phi) is 3.15. The maximum atomic E-state index is 6.43. The van der Waals surface area contributed by atoms with Crippen LogP contribution < -0.4 is 10.5 Å². The van der Waals surface area contributed by atoms with Crippen molar-refractivity contribution in [3.8, 4) is 5.75 Å². The summed E-state index contributed by atoms with van der Waals surface area (Å²) in [5, 5.41) is 0. The Bertz CT molecular complexity index is 462. The van der Waals surface area contributed by atoms with Crippen molar-refractivity contribution in [2.24, 2.45) is 11.7 Å². The fraction of sp³-hybridized carbons (Fsp3) is 0.600. The predicted molar refractivity (Wildman–Crippen MR) is 76.7 cm³/mol. The first kappa shape index (κ1) is 12.5. The third kappa shape index (κ3) is 1.88. The zero-order chi connectivity index (χ0) is 12.8. The Morgan fingerprint density at radius 3 is 3.11 bits per heavy atom. The Morgan fingerprint density at radius 1 is 1.50 bits per heavy atom. The van der Waals surface area contributed by atoms with E-state index < -0.39 is 0 Å². The first-order valence-corrected chi connectivity index (χ1v) is 7.68. The molecule has 1 aromatic carbocycles. The van der Waals surface area contributed by atoms with Gasteiger partial charge in [0, 0.05) is 22.5 Å². The summed E-state index contributed by atoms with van der Waals surface area (Å²) >= 11 is 3.52. The predicted octanol–water partition coefficient (Wildman–Crippen LogP) is 4.18. The normalized spacial score (nSPS) is 34.4. The molecule has 1 fully saturated rings. The molecule has 1 aliphatic heterocycles. The molecule has 1 spiro atoms. The lowest BCUT2D eigenvalue weighted by molar-refractivity contribution is -0.00100. The molecule has 0 aromatic heterocycles. The number of ether oxygens (including phenoxy) is 1.